The number of carbonyl (C=O) groups excluding carboxylic acids is 1. The van der Waals surface area contributed by atoms with Gasteiger partial charge in [0.1, 0.15) is 11.0 Å². The Morgan fingerprint density at radius 2 is 2.00 bits per heavy atom. The van der Waals surface area contributed by atoms with E-state index in [-0.39, 0.29) is 22.9 Å². The number of nitrogen functional groups attached to an aromatic ring is 1. The highest BCUT2D eigenvalue weighted by Gasteiger charge is 2.12. The van der Waals surface area contributed by atoms with E-state index in [4.69, 9.17) is 17.3 Å². The van der Waals surface area contributed by atoms with Crippen LogP contribution in [0.1, 0.15) is 28.9 Å². The van der Waals surface area contributed by atoms with Gasteiger partial charge in [0.25, 0.3) is 5.91 Å². The smallest absolute Gasteiger partial charge is 0.251 e. The van der Waals surface area contributed by atoms with Crippen LogP contribution in [0.2, 0.25) is 5.15 Å². The number of halogens is 1. The maximum atomic E-state index is 12.1. The van der Waals surface area contributed by atoms with Gasteiger partial charge in [-0.2, -0.15) is 0 Å². The number of nitrogens with one attached hydrogen (secondary N) is 1. The lowest BCUT2D eigenvalue weighted by molar-refractivity contribution is 0.0940. The minimum atomic E-state index is -0.229. The lowest BCUT2D eigenvalue weighted by atomic mass is 10.1. The zero-order chi connectivity index (χ0) is 13.8. The summed E-state index contributed by atoms with van der Waals surface area (Å²) in [5, 5.41) is 3.09. The molecule has 1 unspecified atom stereocenters. The number of benzene rings is 1. The summed E-state index contributed by atoms with van der Waals surface area (Å²) in [5.74, 6) is -0.00244. The summed E-state index contributed by atoms with van der Waals surface area (Å²) in [5.41, 5.74) is 7.00. The molecule has 98 valence electrons. The molecule has 0 aliphatic carbocycles. The summed E-state index contributed by atoms with van der Waals surface area (Å²) in [6.45, 7) is 1.92. The molecule has 5 heteroatoms. The van der Waals surface area contributed by atoms with Gasteiger partial charge in [0, 0.05) is 5.56 Å². The molecule has 4 nitrogen and oxygen atoms in total. The minimum Gasteiger partial charge on any atom is -0.384 e. The van der Waals surface area contributed by atoms with Crippen LogP contribution in [0.15, 0.2) is 42.5 Å². The first kappa shape index (κ1) is 13.4. The van der Waals surface area contributed by atoms with Crippen molar-refractivity contribution < 1.29 is 4.79 Å². The fourth-order valence-electron chi connectivity index (χ4n) is 1.75. The van der Waals surface area contributed by atoms with Crippen LogP contribution in [0.25, 0.3) is 0 Å². The van der Waals surface area contributed by atoms with Crippen LogP contribution in [0.5, 0.6) is 0 Å². The van der Waals surface area contributed by atoms with Crippen LogP contribution in [0.4, 0.5) is 5.82 Å². The molecule has 0 aliphatic rings. The van der Waals surface area contributed by atoms with Crippen LogP contribution < -0.4 is 11.1 Å². The number of rotatable bonds is 3. The number of hydrogen-bond donors (Lipinski definition) is 2. The highest BCUT2D eigenvalue weighted by molar-refractivity contribution is 6.29. The first-order valence-electron chi connectivity index (χ1n) is 5.85. The Morgan fingerprint density at radius 1 is 1.32 bits per heavy atom. The van der Waals surface area contributed by atoms with Crippen molar-refractivity contribution in [1.82, 2.24) is 10.3 Å². The third-order valence-corrected chi connectivity index (χ3v) is 2.92. The molecule has 0 fully saturated rings. The number of pyridine rings is 1. The molecular formula is C14H14ClN3O. The van der Waals surface area contributed by atoms with Gasteiger partial charge in [-0.05, 0) is 24.6 Å². The fraction of sp³-hybridized carbons (Fsp3) is 0.143. The molecule has 1 aromatic carbocycles. The number of nitrogens with two attached hydrogens (primary N) is 1. The van der Waals surface area contributed by atoms with Gasteiger partial charge in [-0.25, -0.2) is 4.98 Å². The zero-order valence-electron chi connectivity index (χ0n) is 10.4. The quantitative estimate of drug-likeness (QED) is 0.847. The highest BCUT2D eigenvalue weighted by Crippen LogP contribution is 2.15. The number of anilines is 1. The van der Waals surface area contributed by atoms with E-state index < -0.39 is 0 Å². The summed E-state index contributed by atoms with van der Waals surface area (Å²) in [4.78, 5) is 15.9. The van der Waals surface area contributed by atoms with Gasteiger partial charge in [-0.3, -0.25) is 4.79 Å². The van der Waals surface area contributed by atoms with E-state index in [1.54, 1.807) is 0 Å². The van der Waals surface area contributed by atoms with E-state index in [2.05, 4.69) is 10.3 Å². The predicted molar refractivity (Wildman–Crippen MR) is 76.0 cm³/mol. The van der Waals surface area contributed by atoms with Gasteiger partial charge in [0.05, 0.1) is 6.04 Å². The zero-order valence-corrected chi connectivity index (χ0v) is 11.2. The van der Waals surface area contributed by atoms with E-state index in [0.29, 0.717) is 5.56 Å². The van der Waals surface area contributed by atoms with Crippen LogP contribution >= 0.6 is 11.6 Å². The van der Waals surface area contributed by atoms with Crippen molar-refractivity contribution in [3.8, 4) is 0 Å². The summed E-state index contributed by atoms with van der Waals surface area (Å²) in [6, 6.07) is 12.6. The van der Waals surface area contributed by atoms with E-state index in [1.807, 2.05) is 37.3 Å². The Kier molecular flexibility index (Phi) is 4.02. The Bertz CT molecular complexity index is 566. The average Bonchev–Trinajstić information content (AvgIpc) is 2.38. The summed E-state index contributed by atoms with van der Waals surface area (Å²) in [6.07, 6.45) is 0. The number of nitrogens with zero attached hydrogens (tertiary/aromatic N) is 1. The van der Waals surface area contributed by atoms with Crippen molar-refractivity contribution >= 4 is 23.3 Å². The van der Waals surface area contributed by atoms with Crippen molar-refractivity contribution in [3.05, 3.63) is 58.7 Å². The maximum Gasteiger partial charge on any atom is 0.251 e. The van der Waals surface area contributed by atoms with Crippen LogP contribution in [-0.4, -0.2) is 10.9 Å². The van der Waals surface area contributed by atoms with Crippen molar-refractivity contribution in [1.29, 1.82) is 0 Å². The van der Waals surface area contributed by atoms with Crippen LogP contribution in [-0.2, 0) is 0 Å². The van der Waals surface area contributed by atoms with Crippen LogP contribution in [0, 0.1) is 0 Å². The SMILES string of the molecule is CC(NC(=O)c1cc(N)nc(Cl)c1)c1ccccc1. The first-order valence-corrected chi connectivity index (χ1v) is 6.23. The van der Waals surface area contributed by atoms with Crippen molar-refractivity contribution in [2.24, 2.45) is 0 Å². The van der Waals surface area contributed by atoms with Gasteiger partial charge in [-0.1, -0.05) is 41.9 Å². The molecular weight excluding hydrogens is 262 g/mol. The molecule has 0 aliphatic heterocycles. The summed E-state index contributed by atoms with van der Waals surface area (Å²) in [7, 11) is 0. The normalized spacial score (nSPS) is 11.9. The topological polar surface area (TPSA) is 68.0 Å². The third-order valence-electron chi connectivity index (χ3n) is 2.72. The molecule has 1 aromatic heterocycles. The molecule has 0 saturated heterocycles. The number of amides is 1. The van der Waals surface area contributed by atoms with Gasteiger partial charge in [0.15, 0.2) is 0 Å². The Labute approximate surface area is 116 Å². The largest absolute Gasteiger partial charge is 0.384 e. The second-order valence-electron chi connectivity index (χ2n) is 4.21. The second kappa shape index (κ2) is 5.71. The molecule has 3 N–H and O–H groups in total. The molecule has 0 bridgehead atoms. The van der Waals surface area contributed by atoms with Crippen molar-refractivity contribution in [2.75, 3.05) is 5.73 Å². The van der Waals surface area contributed by atoms with Gasteiger partial charge < -0.3 is 11.1 Å². The van der Waals surface area contributed by atoms with Crippen LogP contribution in [0.3, 0.4) is 0 Å². The van der Waals surface area contributed by atoms with Crippen molar-refractivity contribution in [3.63, 3.8) is 0 Å². The van der Waals surface area contributed by atoms with Crippen molar-refractivity contribution in [2.45, 2.75) is 13.0 Å². The monoisotopic (exact) mass is 275 g/mol. The molecule has 2 aromatic rings. The molecule has 0 radical (unpaired) electrons. The average molecular weight is 276 g/mol. The Hall–Kier alpha value is -2.07. The van der Waals surface area contributed by atoms with Gasteiger partial charge in [0.2, 0.25) is 0 Å². The second-order valence-corrected chi connectivity index (χ2v) is 4.60. The maximum absolute atomic E-state index is 12.1. The third kappa shape index (κ3) is 3.45. The fourth-order valence-corrected chi connectivity index (χ4v) is 1.97. The number of carbonyl (C=O) groups is 1. The molecule has 2 rings (SSSR count). The Balaban J connectivity index is 2.13. The number of hydrogen-bond acceptors (Lipinski definition) is 3. The van der Waals surface area contributed by atoms with E-state index in [9.17, 15) is 4.79 Å². The lowest BCUT2D eigenvalue weighted by Gasteiger charge is -2.14. The highest BCUT2D eigenvalue weighted by atomic mass is 35.5. The van der Waals surface area contributed by atoms with E-state index in [1.165, 1.54) is 12.1 Å². The molecule has 1 amide bonds. The predicted octanol–water partition coefficient (Wildman–Crippen LogP) is 2.81. The molecule has 19 heavy (non-hydrogen) atoms. The summed E-state index contributed by atoms with van der Waals surface area (Å²) < 4.78 is 0. The molecule has 0 spiro atoms. The molecule has 0 saturated carbocycles. The van der Waals surface area contributed by atoms with E-state index >= 15 is 0 Å². The summed E-state index contributed by atoms with van der Waals surface area (Å²) >= 11 is 5.78. The Morgan fingerprint density at radius 3 is 2.63 bits per heavy atom. The molecule has 1 atom stereocenters. The van der Waals surface area contributed by atoms with E-state index in [0.717, 1.165) is 5.56 Å². The standard InChI is InChI=1S/C14H14ClN3O/c1-9(10-5-3-2-4-6-10)17-14(19)11-7-12(15)18-13(16)8-11/h2-9H,1H3,(H2,16,18)(H,17,19). The lowest BCUT2D eigenvalue weighted by Crippen LogP contribution is -2.26. The first-order chi connectivity index (χ1) is 9.06. The van der Waals surface area contributed by atoms with Gasteiger partial charge in [-0.15, -0.1) is 0 Å². The minimum absolute atomic E-state index is 0.0955. The van der Waals surface area contributed by atoms with Gasteiger partial charge >= 0.3 is 0 Å². The molecule has 1 heterocycles. The number of aromatic nitrogens is 1.